The maximum absolute atomic E-state index is 11.6. The van der Waals surface area contributed by atoms with E-state index in [0.717, 1.165) is 4.70 Å². The molecule has 1 heterocycles. The van der Waals surface area contributed by atoms with Crippen molar-refractivity contribution in [2.75, 3.05) is 7.11 Å². The fraction of sp³-hybridized carbons (Fsp3) is 0.429. The van der Waals surface area contributed by atoms with E-state index in [1.54, 1.807) is 26.8 Å². The highest BCUT2D eigenvalue weighted by Gasteiger charge is 2.17. The van der Waals surface area contributed by atoms with Crippen LogP contribution in [0.4, 0.5) is 4.79 Å². The van der Waals surface area contributed by atoms with Gasteiger partial charge in [0.1, 0.15) is 21.3 Å². The predicted molar refractivity (Wildman–Crippen MR) is 88.3 cm³/mol. The van der Waals surface area contributed by atoms with Gasteiger partial charge in [-0.15, -0.1) is 11.3 Å². The van der Waals surface area contributed by atoms with Gasteiger partial charge < -0.3 is 19.3 Å². The molecular formula is C14H18N2O5S2. The second-order valence-electron chi connectivity index (χ2n) is 5.68. The van der Waals surface area contributed by atoms with Gasteiger partial charge in [0, 0.05) is 6.07 Å². The van der Waals surface area contributed by atoms with E-state index in [-0.39, 0.29) is 11.4 Å². The maximum Gasteiger partial charge on any atom is 0.408 e. The van der Waals surface area contributed by atoms with Gasteiger partial charge in [0.2, 0.25) is 0 Å². The van der Waals surface area contributed by atoms with Gasteiger partial charge in [-0.1, -0.05) is 0 Å². The molecule has 2 aromatic rings. The lowest BCUT2D eigenvalue weighted by Gasteiger charge is -2.19. The molecule has 0 fully saturated rings. The molecule has 1 aromatic carbocycles. The molecule has 7 nitrogen and oxygen atoms in total. The van der Waals surface area contributed by atoms with E-state index in [1.165, 1.54) is 24.5 Å². The van der Waals surface area contributed by atoms with E-state index in [0.29, 0.717) is 16.3 Å². The standard InChI is InChI=1S/C14H18N2O5S2/c1-14(2,3)21-13(17)15-7-12-16-8-5-11(23(18)19)9(20-4)6-10(8)22-12/h5-6H,7H2,1-4H3,(H,15,17)(H,18,19). The number of thiazole rings is 1. The average Bonchev–Trinajstić information content (AvgIpc) is 2.83. The Morgan fingerprint density at radius 3 is 2.70 bits per heavy atom. The minimum atomic E-state index is -2.16. The molecule has 0 radical (unpaired) electrons. The summed E-state index contributed by atoms with van der Waals surface area (Å²) < 4.78 is 31.7. The van der Waals surface area contributed by atoms with Gasteiger partial charge in [-0.05, 0) is 26.8 Å². The van der Waals surface area contributed by atoms with Crippen LogP contribution in [-0.4, -0.2) is 32.5 Å². The maximum atomic E-state index is 11.6. The Bertz CT molecular complexity index is 751. The number of hydrogen-bond acceptors (Lipinski definition) is 6. The zero-order chi connectivity index (χ0) is 17.2. The number of methoxy groups -OCH3 is 1. The first-order chi connectivity index (χ1) is 10.7. The highest BCUT2D eigenvalue weighted by Crippen LogP contribution is 2.31. The molecule has 1 aromatic heterocycles. The van der Waals surface area contributed by atoms with Crippen molar-refractivity contribution in [1.29, 1.82) is 0 Å². The second kappa shape index (κ2) is 6.81. The van der Waals surface area contributed by atoms with E-state index >= 15 is 0 Å². The van der Waals surface area contributed by atoms with Gasteiger partial charge >= 0.3 is 6.09 Å². The number of carbonyl (C=O) groups excluding carboxylic acids is 1. The zero-order valence-corrected chi connectivity index (χ0v) is 14.8. The van der Waals surface area contributed by atoms with E-state index < -0.39 is 22.8 Å². The van der Waals surface area contributed by atoms with Crippen molar-refractivity contribution in [3.8, 4) is 5.75 Å². The van der Waals surface area contributed by atoms with Crippen molar-refractivity contribution in [1.82, 2.24) is 10.3 Å². The van der Waals surface area contributed by atoms with Crippen LogP contribution in [0, 0.1) is 0 Å². The van der Waals surface area contributed by atoms with Gasteiger partial charge in [0.15, 0.2) is 11.1 Å². The fourth-order valence-electron chi connectivity index (χ4n) is 1.82. The molecule has 9 heteroatoms. The third-order valence-electron chi connectivity index (χ3n) is 2.69. The van der Waals surface area contributed by atoms with Crippen LogP contribution >= 0.6 is 11.3 Å². The van der Waals surface area contributed by atoms with E-state index in [9.17, 15) is 13.6 Å². The fourth-order valence-corrected chi connectivity index (χ4v) is 3.26. The molecule has 2 N–H and O–H groups in total. The van der Waals surface area contributed by atoms with Crippen LogP contribution in [0.5, 0.6) is 5.75 Å². The summed E-state index contributed by atoms with van der Waals surface area (Å²) in [6.07, 6.45) is -0.522. The van der Waals surface area contributed by atoms with Crippen molar-refractivity contribution in [2.24, 2.45) is 0 Å². The first-order valence-electron chi connectivity index (χ1n) is 6.75. The molecule has 1 atom stereocenters. The number of amides is 1. The molecule has 0 aliphatic heterocycles. The molecule has 0 aliphatic carbocycles. The van der Waals surface area contributed by atoms with Crippen LogP contribution in [0.1, 0.15) is 25.8 Å². The lowest BCUT2D eigenvalue weighted by atomic mass is 10.2. The Morgan fingerprint density at radius 2 is 2.13 bits per heavy atom. The van der Waals surface area contributed by atoms with E-state index in [1.807, 2.05) is 0 Å². The van der Waals surface area contributed by atoms with E-state index in [2.05, 4.69) is 10.3 Å². The number of carbonyl (C=O) groups is 1. The van der Waals surface area contributed by atoms with Crippen molar-refractivity contribution in [2.45, 2.75) is 37.8 Å². The Balaban J connectivity index is 2.17. The molecule has 23 heavy (non-hydrogen) atoms. The number of nitrogens with one attached hydrogen (secondary N) is 1. The largest absolute Gasteiger partial charge is 0.495 e. The van der Waals surface area contributed by atoms with Crippen molar-refractivity contribution in [3.05, 3.63) is 17.1 Å². The lowest BCUT2D eigenvalue weighted by Crippen LogP contribution is -2.32. The SMILES string of the molecule is COc1cc2sc(CNC(=O)OC(C)(C)C)nc2cc1S(=O)O. The normalized spacial score (nSPS) is 12.9. The second-order valence-corrected chi connectivity index (χ2v) is 7.74. The summed E-state index contributed by atoms with van der Waals surface area (Å²) in [7, 11) is 1.43. The molecule has 126 valence electrons. The zero-order valence-electron chi connectivity index (χ0n) is 13.2. The van der Waals surface area contributed by atoms with Crippen LogP contribution in [0.3, 0.4) is 0 Å². The summed E-state index contributed by atoms with van der Waals surface area (Å²) in [5.74, 6) is 0.327. The molecular weight excluding hydrogens is 340 g/mol. The first kappa shape index (κ1) is 17.6. The quantitative estimate of drug-likeness (QED) is 0.816. The predicted octanol–water partition coefficient (Wildman–Crippen LogP) is 2.91. The Hall–Kier alpha value is -1.71. The van der Waals surface area contributed by atoms with Crippen LogP contribution in [-0.2, 0) is 22.4 Å². The van der Waals surface area contributed by atoms with Gasteiger partial charge in [-0.3, -0.25) is 0 Å². The average molecular weight is 358 g/mol. The summed E-state index contributed by atoms with van der Waals surface area (Å²) >= 11 is -0.795. The molecule has 0 saturated heterocycles. The molecule has 0 saturated carbocycles. The summed E-state index contributed by atoms with van der Waals surface area (Å²) in [6.45, 7) is 5.57. The minimum absolute atomic E-state index is 0.164. The lowest BCUT2D eigenvalue weighted by molar-refractivity contribution is 0.0523. The number of hydrogen-bond donors (Lipinski definition) is 2. The Morgan fingerprint density at radius 1 is 1.43 bits per heavy atom. The molecule has 1 unspecified atom stereocenters. The molecule has 0 aliphatic rings. The highest BCUT2D eigenvalue weighted by atomic mass is 32.2. The van der Waals surface area contributed by atoms with Crippen LogP contribution in [0.2, 0.25) is 0 Å². The van der Waals surface area contributed by atoms with Gasteiger partial charge in [-0.25, -0.2) is 14.0 Å². The summed E-state index contributed by atoms with van der Waals surface area (Å²) in [4.78, 5) is 16.2. The van der Waals surface area contributed by atoms with Crippen molar-refractivity contribution in [3.63, 3.8) is 0 Å². The number of fused-ring (bicyclic) bond motifs is 1. The summed E-state index contributed by atoms with van der Waals surface area (Å²) in [5, 5.41) is 3.29. The summed E-state index contributed by atoms with van der Waals surface area (Å²) in [6, 6.07) is 3.17. The summed E-state index contributed by atoms with van der Waals surface area (Å²) in [5.41, 5.74) is 0.0136. The topological polar surface area (TPSA) is 97.8 Å². The van der Waals surface area contributed by atoms with Crippen LogP contribution in [0.15, 0.2) is 17.0 Å². The van der Waals surface area contributed by atoms with Gasteiger partial charge in [-0.2, -0.15) is 0 Å². The number of benzene rings is 1. The van der Waals surface area contributed by atoms with Crippen LogP contribution in [0.25, 0.3) is 10.2 Å². The highest BCUT2D eigenvalue weighted by molar-refractivity contribution is 7.79. The smallest absolute Gasteiger partial charge is 0.408 e. The molecule has 1 amide bonds. The Kier molecular flexibility index (Phi) is 5.23. The number of aromatic nitrogens is 1. The monoisotopic (exact) mass is 358 g/mol. The van der Waals surface area contributed by atoms with Gasteiger partial charge in [0.05, 0.1) is 23.9 Å². The number of ether oxygens (including phenoxy) is 2. The third kappa shape index (κ3) is 4.63. The third-order valence-corrected chi connectivity index (χ3v) is 4.40. The van der Waals surface area contributed by atoms with Crippen LogP contribution < -0.4 is 10.1 Å². The molecule has 2 rings (SSSR count). The van der Waals surface area contributed by atoms with Crippen molar-refractivity contribution < 1.29 is 23.0 Å². The molecule has 0 spiro atoms. The molecule has 0 bridgehead atoms. The minimum Gasteiger partial charge on any atom is -0.495 e. The first-order valence-corrected chi connectivity index (χ1v) is 8.67. The number of rotatable bonds is 4. The van der Waals surface area contributed by atoms with Gasteiger partial charge in [0.25, 0.3) is 0 Å². The Labute approximate surface area is 140 Å². The van der Waals surface area contributed by atoms with Crippen molar-refractivity contribution >= 4 is 38.7 Å². The number of alkyl carbamates (subject to hydrolysis) is 1. The number of nitrogens with zero attached hydrogens (tertiary/aromatic N) is 1. The van der Waals surface area contributed by atoms with E-state index in [4.69, 9.17) is 9.47 Å².